The Hall–Kier alpha value is -2.16. The van der Waals surface area contributed by atoms with Crippen LogP contribution in [0.2, 0.25) is 0 Å². The predicted octanol–water partition coefficient (Wildman–Crippen LogP) is 2.60. The lowest BCUT2D eigenvalue weighted by Crippen LogP contribution is -2.21. The fourth-order valence-corrected chi connectivity index (χ4v) is 1.51. The summed E-state index contributed by atoms with van der Waals surface area (Å²) < 4.78 is 0. The van der Waals surface area contributed by atoms with Crippen molar-refractivity contribution in [1.29, 1.82) is 0 Å². The molecule has 1 aliphatic carbocycles. The minimum absolute atomic E-state index is 0.137. The smallest absolute Gasteiger partial charge is 0.257 e. The Kier molecular flexibility index (Phi) is 3.50. The molecule has 1 aromatic heterocycles. The van der Waals surface area contributed by atoms with Crippen molar-refractivity contribution in [3.63, 3.8) is 0 Å². The van der Waals surface area contributed by atoms with Gasteiger partial charge in [0, 0.05) is 18.1 Å². The molecule has 1 aliphatic rings. The van der Waals surface area contributed by atoms with Gasteiger partial charge in [-0.25, -0.2) is 0 Å². The molecule has 1 aromatic rings. The van der Waals surface area contributed by atoms with Gasteiger partial charge >= 0.3 is 0 Å². The van der Waals surface area contributed by atoms with Gasteiger partial charge in [-0.3, -0.25) is 9.78 Å². The highest BCUT2D eigenvalue weighted by atomic mass is 16.1. The maximum absolute atomic E-state index is 11.9. The van der Waals surface area contributed by atoms with Crippen molar-refractivity contribution < 1.29 is 4.79 Å². The number of carbonyl (C=O) groups is 1. The standard InChI is InChI=1S/C14H14N2O/c1-11-4-2-6-13(8-7-11)16-14(17)12-5-3-9-15-10-12/h2-3,5-10H,4H2,1H3,(H,16,17). The van der Waals surface area contributed by atoms with Crippen molar-refractivity contribution in [2.24, 2.45) is 0 Å². The molecule has 1 N–H and O–H groups in total. The monoisotopic (exact) mass is 226 g/mol. The van der Waals surface area contributed by atoms with Crippen molar-refractivity contribution >= 4 is 5.91 Å². The van der Waals surface area contributed by atoms with Crippen LogP contribution in [0, 0.1) is 0 Å². The third kappa shape index (κ3) is 3.14. The topological polar surface area (TPSA) is 42.0 Å². The SMILES string of the molecule is CC1=CC=C(NC(=O)c2cccnc2)C=CC1. The first-order chi connectivity index (χ1) is 8.25. The summed E-state index contributed by atoms with van der Waals surface area (Å²) in [6.45, 7) is 2.06. The molecule has 2 rings (SSSR count). The van der Waals surface area contributed by atoms with Crippen LogP contribution in [-0.4, -0.2) is 10.9 Å². The lowest BCUT2D eigenvalue weighted by Gasteiger charge is -2.04. The largest absolute Gasteiger partial charge is 0.322 e. The number of pyridine rings is 1. The van der Waals surface area contributed by atoms with Crippen LogP contribution in [0.5, 0.6) is 0 Å². The molecule has 3 heteroatoms. The normalized spacial score (nSPS) is 14.6. The van der Waals surface area contributed by atoms with Gasteiger partial charge in [0.15, 0.2) is 0 Å². The van der Waals surface area contributed by atoms with Gasteiger partial charge in [-0.1, -0.05) is 17.7 Å². The van der Waals surface area contributed by atoms with Crippen molar-refractivity contribution in [2.45, 2.75) is 13.3 Å². The maximum atomic E-state index is 11.9. The van der Waals surface area contributed by atoms with Crippen molar-refractivity contribution in [2.75, 3.05) is 0 Å². The second-order valence-corrected chi connectivity index (χ2v) is 3.94. The number of nitrogens with zero attached hydrogens (tertiary/aromatic N) is 1. The van der Waals surface area contributed by atoms with Crippen LogP contribution >= 0.6 is 0 Å². The molecule has 0 atom stereocenters. The third-order valence-electron chi connectivity index (χ3n) is 2.47. The number of allylic oxidation sites excluding steroid dienone is 5. The summed E-state index contributed by atoms with van der Waals surface area (Å²) in [5.41, 5.74) is 2.63. The molecule has 0 radical (unpaired) electrons. The summed E-state index contributed by atoms with van der Waals surface area (Å²) in [5, 5.41) is 2.85. The first-order valence-corrected chi connectivity index (χ1v) is 5.51. The molecule has 0 saturated carbocycles. The number of rotatable bonds is 2. The van der Waals surface area contributed by atoms with Gasteiger partial charge in [0.05, 0.1) is 5.56 Å². The predicted molar refractivity (Wildman–Crippen MR) is 67.3 cm³/mol. The van der Waals surface area contributed by atoms with E-state index in [-0.39, 0.29) is 5.91 Å². The third-order valence-corrected chi connectivity index (χ3v) is 2.47. The van der Waals surface area contributed by atoms with Gasteiger partial charge in [0.2, 0.25) is 0 Å². The molecule has 0 aliphatic heterocycles. The highest BCUT2D eigenvalue weighted by molar-refractivity contribution is 5.95. The lowest BCUT2D eigenvalue weighted by atomic mass is 10.2. The number of aromatic nitrogens is 1. The van der Waals surface area contributed by atoms with Crippen LogP contribution in [0.4, 0.5) is 0 Å². The van der Waals surface area contributed by atoms with Gasteiger partial charge in [-0.2, -0.15) is 0 Å². The summed E-state index contributed by atoms with van der Waals surface area (Å²) in [7, 11) is 0. The average Bonchev–Trinajstić information content (AvgIpc) is 2.56. The van der Waals surface area contributed by atoms with E-state index in [0.29, 0.717) is 5.56 Å². The summed E-state index contributed by atoms with van der Waals surface area (Å²) in [4.78, 5) is 15.8. The van der Waals surface area contributed by atoms with E-state index in [9.17, 15) is 4.79 Å². The second-order valence-electron chi connectivity index (χ2n) is 3.94. The molecule has 3 nitrogen and oxygen atoms in total. The number of carbonyl (C=O) groups excluding carboxylic acids is 1. The van der Waals surface area contributed by atoms with Crippen LogP contribution in [-0.2, 0) is 0 Å². The number of hydrogen-bond acceptors (Lipinski definition) is 2. The molecule has 0 saturated heterocycles. The number of hydrogen-bond donors (Lipinski definition) is 1. The first-order valence-electron chi connectivity index (χ1n) is 5.51. The van der Waals surface area contributed by atoms with Crippen LogP contribution in [0.3, 0.4) is 0 Å². The van der Waals surface area contributed by atoms with Gasteiger partial charge in [-0.15, -0.1) is 0 Å². The average molecular weight is 226 g/mol. The van der Waals surface area contributed by atoms with Gasteiger partial charge in [0.25, 0.3) is 5.91 Å². The highest BCUT2D eigenvalue weighted by Gasteiger charge is 2.06. The van der Waals surface area contributed by atoms with Crippen molar-refractivity contribution in [3.05, 3.63) is 65.7 Å². The minimum Gasteiger partial charge on any atom is -0.322 e. The van der Waals surface area contributed by atoms with Crippen molar-refractivity contribution in [3.8, 4) is 0 Å². The Morgan fingerprint density at radius 3 is 3.06 bits per heavy atom. The Labute approximate surface area is 101 Å². The summed E-state index contributed by atoms with van der Waals surface area (Å²) in [6.07, 6.45) is 12.0. The number of amides is 1. The van der Waals surface area contributed by atoms with Gasteiger partial charge in [0.1, 0.15) is 0 Å². The van der Waals surface area contributed by atoms with E-state index in [1.54, 1.807) is 24.5 Å². The summed E-state index contributed by atoms with van der Waals surface area (Å²) in [6, 6.07) is 3.49. The quantitative estimate of drug-likeness (QED) is 0.842. The van der Waals surface area contributed by atoms with Crippen LogP contribution in [0.1, 0.15) is 23.7 Å². The fraction of sp³-hybridized carbons (Fsp3) is 0.143. The maximum Gasteiger partial charge on any atom is 0.257 e. The van der Waals surface area contributed by atoms with E-state index < -0.39 is 0 Å². The van der Waals surface area contributed by atoms with E-state index in [0.717, 1.165) is 12.1 Å². The summed E-state index contributed by atoms with van der Waals surface area (Å²) >= 11 is 0. The van der Waals surface area contributed by atoms with Crippen LogP contribution in [0.25, 0.3) is 0 Å². The highest BCUT2D eigenvalue weighted by Crippen LogP contribution is 2.09. The van der Waals surface area contributed by atoms with E-state index in [2.05, 4.69) is 17.2 Å². The zero-order valence-corrected chi connectivity index (χ0v) is 9.68. The molecule has 0 unspecified atom stereocenters. The molecule has 86 valence electrons. The van der Waals surface area contributed by atoms with Crippen LogP contribution < -0.4 is 5.32 Å². The zero-order chi connectivity index (χ0) is 12.1. The second kappa shape index (κ2) is 5.25. The molecule has 0 fully saturated rings. The Bertz CT molecular complexity index is 498. The number of nitrogens with one attached hydrogen (secondary N) is 1. The Balaban J connectivity index is 2.10. The van der Waals surface area contributed by atoms with E-state index in [4.69, 9.17) is 0 Å². The Morgan fingerprint density at radius 2 is 2.29 bits per heavy atom. The summed E-state index contributed by atoms with van der Waals surface area (Å²) in [5.74, 6) is -0.137. The fourth-order valence-electron chi connectivity index (χ4n) is 1.51. The van der Waals surface area contributed by atoms with Gasteiger partial charge in [-0.05, 0) is 37.6 Å². The van der Waals surface area contributed by atoms with E-state index in [1.165, 1.54) is 5.57 Å². The molecule has 0 bridgehead atoms. The zero-order valence-electron chi connectivity index (χ0n) is 9.68. The Morgan fingerprint density at radius 1 is 1.41 bits per heavy atom. The minimum atomic E-state index is -0.137. The lowest BCUT2D eigenvalue weighted by molar-refractivity contribution is 0.0967. The molecular weight excluding hydrogens is 212 g/mol. The molecule has 1 amide bonds. The van der Waals surface area contributed by atoms with Crippen LogP contribution in [0.15, 0.2) is 60.1 Å². The molecule has 17 heavy (non-hydrogen) atoms. The molecular formula is C14H14N2O. The van der Waals surface area contributed by atoms with Crippen molar-refractivity contribution in [1.82, 2.24) is 10.3 Å². The molecule has 0 aromatic carbocycles. The first kappa shape index (κ1) is 11.3. The van der Waals surface area contributed by atoms with Gasteiger partial charge < -0.3 is 5.32 Å². The molecule has 0 spiro atoms. The van der Waals surface area contributed by atoms with E-state index >= 15 is 0 Å². The molecule has 1 heterocycles. The van der Waals surface area contributed by atoms with E-state index in [1.807, 2.05) is 24.3 Å².